The minimum atomic E-state index is -3.55. The van der Waals surface area contributed by atoms with Crippen LogP contribution >= 0.6 is 0 Å². The van der Waals surface area contributed by atoms with Gasteiger partial charge in [-0.3, -0.25) is 4.57 Å². The Bertz CT molecular complexity index is 593. The minimum Gasteiger partial charge on any atom is -0.386 e. The van der Waals surface area contributed by atoms with Crippen LogP contribution in [0.3, 0.4) is 0 Å². The van der Waals surface area contributed by atoms with Crippen LogP contribution in [-0.2, 0) is 39.5 Å². The molecular weight excluding hydrogens is 555 g/mol. The molecule has 10 nitrogen and oxygen atoms in total. The first-order chi connectivity index (χ1) is 16.3. The number of rotatable bonds is 17. The van der Waals surface area contributed by atoms with Crippen LogP contribution in [0.4, 0.5) is 0 Å². The van der Waals surface area contributed by atoms with Gasteiger partial charge < -0.3 is 39.5 Å². The molecule has 1 fully saturated rings. The van der Waals surface area contributed by atoms with E-state index in [9.17, 15) is 0 Å². The van der Waals surface area contributed by atoms with Gasteiger partial charge in [0.2, 0.25) is 27.1 Å². The smallest absolute Gasteiger partial charge is 0.386 e. The van der Waals surface area contributed by atoms with Gasteiger partial charge >= 0.3 is 17.8 Å². The molecule has 0 aromatic heterocycles. The molecule has 35 heavy (non-hydrogen) atoms. The lowest BCUT2D eigenvalue weighted by atomic mass is 10.4. The van der Waals surface area contributed by atoms with Crippen molar-refractivity contribution in [2.24, 2.45) is 0 Å². The van der Waals surface area contributed by atoms with Gasteiger partial charge in [0.1, 0.15) is 0 Å². The van der Waals surface area contributed by atoms with E-state index >= 15 is 0 Å². The summed E-state index contributed by atoms with van der Waals surface area (Å²) >= 11 is 0. The Labute approximate surface area is 221 Å². The van der Waals surface area contributed by atoms with Gasteiger partial charge in [0.25, 0.3) is 13.9 Å². The Morgan fingerprint density at radius 1 is 0.829 bits per heavy atom. The summed E-state index contributed by atoms with van der Waals surface area (Å²) < 4.78 is 59.5. The molecular formula is C19H48NO9Si6. The second kappa shape index (κ2) is 14.3. The van der Waals surface area contributed by atoms with E-state index in [1.54, 1.807) is 35.5 Å². The first kappa shape index (κ1) is 33.9. The molecule has 0 aromatic rings. The fourth-order valence-corrected chi connectivity index (χ4v) is 22.1. The quantitative estimate of drug-likeness (QED) is 0.183. The van der Waals surface area contributed by atoms with Gasteiger partial charge in [-0.15, -0.1) is 0 Å². The lowest BCUT2D eigenvalue weighted by molar-refractivity contribution is -0.215. The second-order valence-corrected chi connectivity index (χ2v) is 25.2. The van der Waals surface area contributed by atoms with Gasteiger partial charge in [-0.05, 0) is 65.2 Å². The van der Waals surface area contributed by atoms with Crippen LogP contribution in [0.2, 0.25) is 51.9 Å². The second-order valence-electron chi connectivity index (χ2n) is 9.25. The monoisotopic (exact) mass is 602 g/mol. The van der Waals surface area contributed by atoms with Gasteiger partial charge in [-0.1, -0.05) is 6.92 Å². The molecule has 3 radical (unpaired) electrons. The summed E-state index contributed by atoms with van der Waals surface area (Å²) in [5, 5.41) is 0. The van der Waals surface area contributed by atoms with Crippen molar-refractivity contribution in [2.75, 3.05) is 42.1 Å². The van der Waals surface area contributed by atoms with Crippen molar-refractivity contribution in [3.8, 4) is 0 Å². The van der Waals surface area contributed by atoms with Gasteiger partial charge in [0.05, 0.1) is 0 Å². The van der Waals surface area contributed by atoms with Gasteiger partial charge in [-0.2, -0.15) is 0 Å². The van der Waals surface area contributed by atoms with Crippen molar-refractivity contribution in [3.05, 3.63) is 0 Å². The maximum atomic E-state index is 7.04. The predicted molar refractivity (Wildman–Crippen MR) is 148 cm³/mol. The predicted octanol–water partition coefficient (Wildman–Crippen LogP) is 3.20. The Morgan fingerprint density at radius 3 is 1.57 bits per heavy atom. The van der Waals surface area contributed by atoms with Crippen molar-refractivity contribution in [3.63, 3.8) is 0 Å². The molecule has 1 rings (SSSR count). The average molecular weight is 603 g/mol. The third-order valence-corrected chi connectivity index (χ3v) is 20.4. The normalized spacial score (nSPS) is 20.2. The van der Waals surface area contributed by atoms with Crippen molar-refractivity contribution in [2.45, 2.75) is 82.9 Å². The number of nitrogens with zero attached hydrogens (tertiary/aromatic N) is 1. The first-order valence-electron chi connectivity index (χ1n) is 12.0. The molecule has 1 aliphatic rings. The standard InChI is InChI=1S/C19H48NO9Si6/c1-14-18(20-16-15-17-34(20,21-2)22-3)33(13,29-35(23-4,24-5)25-6)19(26-30(7)8,27-31(9)10)28-32(11)12/h18H,14-17H2,1-13H3. The molecule has 0 N–H and O–H groups in total. The maximum absolute atomic E-state index is 7.04. The third kappa shape index (κ3) is 7.52. The molecule has 0 bridgehead atoms. The van der Waals surface area contributed by atoms with E-state index in [2.05, 4.69) is 57.3 Å². The highest BCUT2D eigenvalue weighted by atomic mass is 28.5. The van der Waals surface area contributed by atoms with E-state index in [4.69, 9.17) is 39.5 Å². The highest BCUT2D eigenvalue weighted by Crippen LogP contribution is 2.42. The van der Waals surface area contributed by atoms with Gasteiger partial charge in [-0.25, -0.2) is 0 Å². The van der Waals surface area contributed by atoms with E-state index in [-0.39, 0.29) is 5.67 Å². The highest BCUT2D eigenvalue weighted by Gasteiger charge is 2.69. The van der Waals surface area contributed by atoms with Crippen molar-refractivity contribution in [1.82, 2.24) is 4.57 Å². The van der Waals surface area contributed by atoms with Crippen LogP contribution in [-0.4, -0.2) is 111 Å². The Balaban J connectivity index is 3.97. The van der Waals surface area contributed by atoms with Crippen molar-refractivity contribution >= 4 is 53.2 Å². The number of hydrogen-bond acceptors (Lipinski definition) is 10. The van der Waals surface area contributed by atoms with Crippen LogP contribution in [0.15, 0.2) is 0 Å². The van der Waals surface area contributed by atoms with Crippen molar-refractivity contribution in [1.29, 1.82) is 0 Å². The third-order valence-electron chi connectivity index (χ3n) is 6.08. The Hall–Kier alpha value is 0.901. The molecule has 1 heterocycles. The Kier molecular flexibility index (Phi) is 13.9. The van der Waals surface area contributed by atoms with Crippen LogP contribution < -0.4 is 0 Å². The van der Waals surface area contributed by atoms with E-state index in [1.165, 1.54) is 0 Å². The minimum absolute atomic E-state index is 0.132. The fourth-order valence-electron chi connectivity index (χ4n) is 4.75. The zero-order valence-electron chi connectivity index (χ0n) is 24.0. The summed E-state index contributed by atoms with van der Waals surface area (Å²) in [4.78, 5) is 0. The summed E-state index contributed by atoms with van der Waals surface area (Å²) in [5.74, 6) is 0. The zero-order valence-corrected chi connectivity index (χ0v) is 30.0. The average Bonchev–Trinajstić information content (AvgIpc) is 3.20. The molecule has 0 spiro atoms. The fraction of sp³-hybridized carbons (Fsp3) is 1.00. The van der Waals surface area contributed by atoms with E-state index < -0.39 is 58.8 Å². The van der Waals surface area contributed by atoms with Crippen LogP contribution in [0.1, 0.15) is 19.8 Å². The molecule has 0 amide bonds. The largest absolute Gasteiger partial charge is 0.668 e. The molecule has 0 aliphatic carbocycles. The molecule has 1 aliphatic heterocycles. The van der Waals surface area contributed by atoms with Gasteiger partial charge in [0, 0.05) is 47.3 Å². The first-order valence-corrected chi connectivity index (χ1v) is 25.3. The highest BCUT2D eigenvalue weighted by molar-refractivity contribution is 6.85. The molecule has 207 valence electrons. The maximum Gasteiger partial charge on any atom is 0.668 e. The molecule has 2 atom stereocenters. The summed E-state index contributed by atoms with van der Waals surface area (Å²) in [6.45, 7) is 17.6. The summed E-state index contributed by atoms with van der Waals surface area (Å²) in [6, 6.07) is 0.877. The summed E-state index contributed by atoms with van der Waals surface area (Å²) in [5.41, 5.74) is -1.49. The summed E-state index contributed by atoms with van der Waals surface area (Å²) in [7, 11) is -5.25. The zero-order chi connectivity index (χ0) is 27.1. The molecule has 0 aromatic carbocycles. The van der Waals surface area contributed by atoms with E-state index in [1.807, 2.05) is 0 Å². The van der Waals surface area contributed by atoms with Crippen LogP contribution in [0.5, 0.6) is 0 Å². The molecule has 16 heteroatoms. The lowest BCUT2D eigenvalue weighted by Crippen LogP contribution is -2.79. The van der Waals surface area contributed by atoms with Crippen LogP contribution in [0, 0.1) is 0 Å². The Morgan fingerprint density at radius 2 is 1.26 bits per heavy atom. The van der Waals surface area contributed by atoms with E-state index in [0.717, 1.165) is 25.4 Å². The van der Waals surface area contributed by atoms with E-state index in [0.29, 0.717) is 0 Å². The number of hydrogen-bond donors (Lipinski definition) is 0. The van der Waals surface area contributed by atoms with Crippen LogP contribution in [0.25, 0.3) is 0 Å². The van der Waals surface area contributed by atoms with Crippen molar-refractivity contribution < 1.29 is 39.5 Å². The molecule has 0 saturated carbocycles. The lowest BCUT2D eigenvalue weighted by Gasteiger charge is -2.55. The summed E-state index contributed by atoms with van der Waals surface area (Å²) in [6.07, 6.45) is 1.74. The van der Waals surface area contributed by atoms with Gasteiger partial charge in [0.15, 0.2) is 0 Å². The SMILES string of the molecule is CCC(N1CCC[Si]1(OC)OC)[Si](C)(O[Si](OC)(OC)OC)C(O[Si](C)C)(O[Si](C)C)O[Si](C)C. The topological polar surface area (TPSA) is 86.3 Å². The molecule has 2 unspecified atom stereocenters. The molecule has 1 saturated heterocycles.